The monoisotopic (exact) mass is 362 g/mol. The Morgan fingerprint density at radius 3 is 2.70 bits per heavy atom. The van der Waals surface area contributed by atoms with Gasteiger partial charge in [0.25, 0.3) is 5.91 Å². The van der Waals surface area contributed by atoms with Crippen molar-refractivity contribution in [3.8, 4) is 17.6 Å². The van der Waals surface area contributed by atoms with E-state index in [2.05, 4.69) is 10.4 Å². The van der Waals surface area contributed by atoms with Gasteiger partial charge in [-0.3, -0.25) is 9.48 Å². The number of benzene rings is 2. The van der Waals surface area contributed by atoms with E-state index in [1.54, 1.807) is 24.4 Å². The topological polar surface area (TPSA) is 89.2 Å². The van der Waals surface area contributed by atoms with E-state index in [0.717, 1.165) is 5.56 Å². The van der Waals surface area contributed by atoms with Crippen molar-refractivity contribution >= 4 is 11.6 Å². The Bertz CT molecular complexity index is 944. The standard InChI is InChI=1S/C20H18N4O3/c1-26-19-11-16(12-21)5-8-18(19)27-14-20(25)23-17-6-3-15(4-7-17)13-24-10-2-9-22-24/h2-11H,13-14H2,1H3,(H,23,25). The van der Waals surface area contributed by atoms with Gasteiger partial charge in [-0.25, -0.2) is 0 Å². The van der Waals surface area contributed by atoms with Crippen molar-refractivity contribution in [1.29, 1.82) is 5.26 Å². The highest BCUT2D eigenvalue weighted by Crippen LogP contribution is 2.27. The summed E-state index contributed by atoms with van der Waals surface area (Å²) in [4.78, 5) is 12.1. The number of rotatable bonds is 7. The molecule has 7 nitrogen and oxygen atoms in total. The second-order valence-corrected chi connectivity index (χ2v) is 5.71. The lowest BCUT2D eigenvalue weighted by molar-refractivity contribution is -0.118. The molecule has 136 valence electrons. The minimum Gasteiger partial charge on any atom is -0.493 e. The summed E-state index contributed by atoms with van der Waals surface area (Å²) in [6.45, 7) is 0.500. The van der Waals surface area contributed by atoms with E-state index in [-0.39, 0.29) is 12.5 Å². The number of nitrogens with zero attached hydrogens (tertiary/aromatic N) is 3. The molecule has 0 unspecified atom stereocenters. The first-order valence-corrected chi connectivity index (χ1v) is 8.25. The minimum absolute atomic E-state index is 0.169. The van der Waals surface area contributed by atoms with Crippen LogP contribution in [-0.4, -0.2) is 29.4 Å². The second-order valence-electron chi connectivity index (χ2n) is 5.71. The van der Waals surface area contributed by atoms with Gasteiger partial charge in [-0.1, -0.05) is 12.1 Å². The van der Waals surface area contributed by atoms with E-state index in [9.17, 15) is 4.79 Å². The van der Waals surface area contributed by atoms with E-state index in [0.29, 0.717) is 29.3 Å². The second kappa shape index (κ2) is 8.54. The van der Waals surface area contributed by atoms with Crippen LogP contribution in [0.4, 0.5) is 5.69 Å². The lowest BCUT2D eigenvalue weighted by atomic mass is 10.2. The first-order chi connectivity index (χ1) is 13.2. The Morgan fingerprint density at radius 1 is 1.22 bits per heavy atom. The predicted octanol–water partition coefficient (Wildman–Crippen LogP) is 2.83. The van der Waals surface area contributed by atoms with Gasteiger partial charge in [0.15, 0.2) is 18.1 Å². The fourth-order valence-electron chi connectivity index (χ4n) is 2.47. The van der Waals surface area contributed by atoms with Crippen LogP contribution in [0.15, 0.2) is 60.9 Å². The SMILES string of the molecule is COc1cc(C#N)ccc1OCC(=O)Nc1ccc(Cn2cccn2)cc1. The maximum absolute atomic E-state index is 12.1. The number of nitriles is 1. The highest BCUT2D eigenvalue weighted by molar-refractivity contribution is 5.91. The number of amides is 1. The van der Waals surface area contributed by atoms with Gasteiger partial charge in [-0.15, -0.1) is 0 Å². The first-order valence-electron chi connectivity index (χ1n) is 8.25. The molecule has 0 spiro atoms. The predicted molar refractivity (Wildman–Crippen MR) is 99.6 cm³/mol. The lowest BCUT2D eigenvalue weighted by Crippen LogP contribution is -2.20. The highest BCUT2D eigenvalue weighted by Gasteiger charge is 2.09. The van der Waals surface area contributed by atoms with Crippen LogP contribution in [-0.2, 0) is 11.3 Å². The maximum Gasteiger partial charge on any atom is 0.262 e. The average molecular weight is 362 g/mol. The zero-order valence-corrected chi connectivity index (χ0v) is 14.8. The fourth-order valence-corrected chi connectivity index (χ4v) is 2.47. The van der Waals surface area contributed by atoms with E-state index in [4.69, 9.17) is 14.7 Å². The van der Waals surface area contributed by atoms with Gasteiger partial charge in [0, 0.05) is 24.1 Å². The third kappa shape index (κ3) is 4.86. The molecule has 2 aromatic carbocycles. The molecule has 0 saturated carbocycles. The van der Waals surface area contributed by atoms with Crippen LogP contribution in [0.1, 0.15) is 11.1 Å². The first kappa shape index (κ1) is 18.0. The number of ether oxygens (including phenoxy) is 2. The molecule has 1 N–H and O–H groups in total. The third-order valence-electron chi connectivity index (χ3n) is 3.79. The van der Waals surface area contributed by atoms with Crippen LogP contribution in [0, 0.1) is 11.3 Å². The van der Waals surface area contributed by atoms with Crippen molar-refractivity contribution in [3.63, 3.8) is 0 Å². The Kier molecular flexibility index (Phi) is 5.70. The summed E-state index contributed by atoms with van der Waals surface area (Å²) < 4.78 is 12.5. The van der Waals surface area contributed by atoms with Gasteiger partial charge < -0.3 is 14.8 Å². The Labute approximate surface area is 156 Å². The van der Waals surface area contributed by atoms with Crippen molar-refractivity contribution in [2.45, 2.75) is 6.54 Å². The van der Waals surface area contributed by atoms with Crippen LogP contribution < -0.4 is 14.8 Å². The summed E-state index contributed by atoms with van der Waals surface area (Å²) in [6.07, 6.45) is 3.63. The number of carbonyl (C=O) groups excluding carboxylic acids is 1. The van der Waals surface area contributed by atoms with Gasteiger partial charge in [0.1, 0.15) is 0 Å². The Morgan fingerprint density at radius 2 is 2.04 bits per heavy atom. The maximum atomic E-state index is 12.1. The van der Waals surface area contributed by atoms with Crippen molar-refractivity contribution in [2.24, 2.45) is 0 Å². The highest BCUT2D eigenvalue weighted by atomic mass is 16.5. The van der Waals surface area contributed by atoms with Crippen molar-refractivity contribution < 1.29 is 14.3 Å². The van der Waals surface area contributed by atoms with Crippen LogP contribution in [0.25, 0.3) is 0 Å². The fraction of sp³-hybridized carbons (Fsp3) is 0.150. The molecule has 0 radical (unpaired) electrons. The van der Waals surface area contributed by atoms with Crippen LogP contribution >= 0.6 is 0 Å². The molecule has 1 aromatic heterocycles. The number of anilines is 1. The van der Waals surface area contributed by atoms with Crippen molar-refractivity contribution in [1.82, 2.24) is 9.78 Å². The zero-order valence-electron chi connectivity index (χ0n) is 14.8. The van der Waals surface area contributed by atoms with Gasteiger partial charge in [-0.05, 0) is 35.9 Å². The summed E-state index contributed by atoms with van der Waals surface area (Å²) in [5, 5.41) is 15.8. The molecule has 27 heavy (non-hydrogen) atoms. The number of hydrogen-bond donors (Lipinski definition) is 1. The molecule has 1 heterocycles. The molecule has 7 heteroatoms. The molecule has 0 bridgehead atoms. The normalized spacial score (nSPS) is 10.1. The summed E-state index contributed by atoms with van der Waals surface area (Å²) in [7, 11) is 1.48. The van der Waals surface area contributed by atoms with E-state index in [1.165, 1.54) is 7.11 Å². The summed E-state index contributed by atoms with van der Waals surface area (Å²) in [5.41, 5.74) is 2.22. The quantitative estimate of drug-likeness (QED) is 0.698. The van der Waals surface area contributed by atoms with Crippen LogP contribution in [0.3, 0.4) is 0 Å². The number of carbonyl (C=O) groups is 1. The molecule has 0 saturated heterocycles. The van der Waals surface area contributed by atoms with Crippen LogP contribution in [0.5, 0.6) is 11.5 Å². The van der Waals surface area contributed by atoms with Crippen LogP contribution in [0.2, 0.25) is 0 Å². The van der Waals surface area contributed by atoms with E-state index < -0.39 is 0 Å². The number of nitrogens with one attached hydrogen (secondary N) is 1. The van der Waals surface area contributed by atoms with E-state index >= 15 is 0 Å². The summed E-state index contributed by atoms with van der Waals surface area (Å²) in [5.74, 6) is 0.521. The molecule has 3 rings (SSSR count). The van der Waals surface area contributed by atoms with E-state index in [1.807, 2.05) is 47.3 Å². The number of hydrogen-bond acceptors (Lipinski definition) is 5. The van der Waals surface area contributed by atoms with Gasteiger partial charge in [0.2, 0.25) is 0 Å². The molecule has 3 aromatic rings. The lowest BCUT2D eigenvalue weighted by Gasteiger charge is -2.11. The Balaban J connectivity index is 1.54. The summed E-state index contributed by atoms with van der Waals surface area (Å²) >= 11 is 0. The molecule has 0 atom stereocenters. The Hall–Kier alpha value is -3.79. The molecular weight excluding hydrogens is 344 g/mol. The molecule has 0 aliphatic heterocycles. The molecule has 0 fully saturated rings. The largest absolute Gasteiger partial charge is 0.493 e. The molecule has 1 amide bonds. The van der Waals surface area contributed by atoms with Crippen molar-refractivity contribution in [3.05, 3.63) is 72.1 Å². The number of aromatic nitrogens is 2. The number of methoxy groups -OCH3 is 1. The minimum atomic E-state index is -0.291. The molecular formula is C20H18N4O3. The average Bonchev–Trinajstić information content (AvgIpc) is 3.20. The van der Waals surface area contributed by atoms with Gasteiger partial charge >= 0.3 is 0 Å². The van der Waals surface area contributed by atoms with Gasteiger partial charge in [-0.2, -0.15) is 10.4 Å². The third-order valence-corrected chi connectivity index (χ3v) is 3.79. The van der Waals surface area contributed by atoms with Crippen molar-refractivity contribution in [2.75, 3.05) is 19.0 Å². The summed E-state index contributed by atoms with van der Waals surface area (Å²) in [6, 6.07) is 16.2. The molecule has 0 aliphatic rings. The smallest absolute Gasteiger partial charge is 0.262 e. The zero-order chi connectivity index (χ0) is 19.1. The van der Waals surface area contributed by atoms with Gasteiger partial charge in [0.05, 0.1) is 25.3 Å². The molecule has 0 aliphatic carbocycles.